The summed E-state index contributed by atoms with van der Waals surface area (Å²) in [5.74, 6) is -1.25. The van der Waals surface area contributed by atoms with Gasteiger partial charge in [0, 0.05) is 18.2 Å². The van der Waals surface area contributed by atoms with E-state index in [4.69, 9.17) is 9.47 Å². The van der Waals surface area contributed by atoms with Crippen LogP contribution in [0.3, 0.4) is 0 Å². The van der Waals surface area contributed by atoms with E-state index in [1.807, 2.05) is 0 Å². The van der Waals surface area contributed by atoms with Crippen molar-refractivity contribution in [1.82, 2.24) is 0 Å². The van der Waals surface area contributed by atoms with Crippen molar-refractivity contribution in [3.8, 4) is 5.75 Å². The van der Waals surface area contributed by atoms with Gasteiger partial charge < -0.3 is 14.6 Å². The molecule has 1 aliphatic carbocycles. The smallest absolute Gasteiger partial charge is 0.314 e. The third-order valence-electron chi connectivity index (χ3n) is 3.34. The summed E-state index contributed by atoms with van der Waals surface area (Å²) in [5.41, 5.74) is -0.632. The van der Waals surface area contributed by atoms with Crippen molar-refractivity contribution in [2.45, 2.75) is 24.9 Å². The van der Waals surface area contributed by atoms with Crippen molar-refractivity contribution in [2.75, 3.05) is 14.2 Å². The molecule has 18 heavy (non-hydrogen) atoms. The summed E-state index contributed by atoms with van der Waals surface area (Å²) < 4.78 is 24.4. The van der Waals surface area contributed by atoms with E-state index >= 15 is 0 Å². The van der Waals surface area contributed by atoms with Crippen molar-refractivity contribution < 1.29 is 23.8 Å². The number of benzene rings is 1. The maximum absolute atomic E-state index is 14.4. The lowest BCUT2D eigenvalue weighted by molar-refractivity contribution is -0.140. The number of halogens is 1. The molecule has 1 saturated carbocycles. The van der Waals surface area contributed by atoms with Gasteiger partial charge in [0.05, 0.1) is 19.1 Å². The first-order valence-electron chi connectivity index (χ1n) is 5.65. The van der Waals surface area contributed by atoms with Crippen LogP contribution in [0.25, 0.3) is 0 Å². The van der Waals surface area contributed by atoms with Crippen LogP contribution in [0, 0.1) is 5.82 Å². The predicted molar refractivity (Wildman–Crippen MR) is 62.2 cm³/mol. The van der Waals surface area contributed by atoms with Crippen LogP contribution in [-0.4, -0.2) is 25.3 Å². The minimum absolute atomic E-state index is 0.110. The molecule has 0 aliphatic heterocycles. The number of ether oxygens (including phenoxy) is 2. The summed E-state index contributed by atoms with van der Waals surface area (Å²) in [6.45, 7) is 0.110. The lowest BCUT2D eigenvalue weighted by atomic mass is 9.92. The number of hydrogen-bond acceptors (Lipinski definition) is 3. The first-order valence-corrected chi connectivity index (χ1v) is 5.65. The van der Waals surface area contributed by atoms with E-state index in [2.05, 4.69) is 0 Å². The first-order chi connectivity index (χ1) is 8.56. The average Bonchev–Trinajstić information content (AvgIpc) is 3.13. The third kappa shape index (κ3) is 1.84. The molecule has 1 N–H and O–H groups in total. The highest BCUT2D eigenvalue weighted by atomic mass is 19.1. The second kappa shape index (κ2) is 4.57. The molecular formula is C13H15FO4. The van der Waals surface area contributed by atoms with Crippen LogP contribution < -0.4 is 4.74 Å². The molecule has 0 atom stereocenters. The number of aliphatic carboxylic acids is 1. The van der Waals surface area contributed by atoms with E-state index in [-0.39, 0.29) is 17.9 Å². The Labute approximate surface area is 104 Å². The van der Waals surface area contributed by atoms with Crippen LogP contribution in [0.4, 0.5) is 4.39 Å². The summed E-state index contributed by atoms with van der Waals surface area (Å²) in [4.78, 5) is 11.3. The maximum Gasteiger partial charge on any atom is 0.314 e. The highest BCUT2D eigenvalue weighted by Crippen LogP contribution is 2.52. The van der Waals surface area contributed by atoms with Gasteiger partial charge in [-0.2, -0.15) is 0 Å². The fraction of sp³-hybridized carbons (Fsp3) is 0.462. The molecule has 1 fully saturated rings. The number of carboxylic acid groups (broad SMARTS) is 1. The molecular weight excluding hydrogens is 239 g/mol. The van der Waals surface area contributed by atoms with Crippen molar-refractivity contribution >= 4 is 5.97 Å². The summed E-state index contributed by atoms with van der Waals surface area (Å²) in [7, 11) is 2.87. The largest absolute Gasteiger partial charge is 0.496 e. The second-order valence-corrected chi connectivity index (χ2v) is 4.44. The number of carbonyl (C=O) groups is 1. The van der Waals surface area contributed by atoms with Gasteiger partial charge in [-0.1, -0.05) is 6.07 Å². The number of methoxy groups -OCH3 is 2. The zero-order chi connectivity index (χ0) is 13.3. The van der Waals surface area contributed by atoms with Crippen LogP contribution in [0.2, 0.25) is 0 Å². The van der Waals surface area contributed by atoms with Crippen LogP contribution in [0.5, 0.6) is 5.75 Å². The summed E-state index contributed by atoms with van der Waals surface area (Å²) in [5, 5.41) is 9.27. The molecule has 1 aromatic rings. The normalized spacial score (nSPS) is 16.4. The van der Waals surface area contributed by atoms with Gasteiger partial charge in [0.15, 0.2) is 0 Å². The van der Waals surface area contributed by atoms with Crippen molar-refractivity contribution in [3.63, 3.8) is 0 Å². The Bertz CT molecular complexity index is 480. The van der Waals surface area contributed by atoms with Gasteiger partial charge in [0.2, 0.25) is 0 Å². The van der Waals surface area contributed by atoms with Crippen molar-refractivity contribution in [3.05, 3.63) is 29.1 Å². The Hall–Kier alpha value is -1.62. The van der Waals surface area contributed by atoms with Gasteiger partial charge in [0.25, 0.3) is 0 Å². The molecule has 98 valence electrons. The predicted octanol–water partition coefficient (Wildman–Crippen LogP) is 2.10. The molecule has 1 aliphatic rings. The number of hydrogen-bond donors (Lipinski definition) is 1. The van der Waals surface area contributed by atoms with E-state index < -0.39 is 17.2 Å². The molecule has 0 heterocycles. The quantitative estimate of drug-likeness (QED) is 0.874. The molecule has 0 unspecified atom stereocenters. The molecule has 0 saturated heterocycles. The van der Waals surface area contributed by atoms with E-state index in [1.54, 1.807) is 12.1 Å². The molecule has 2 rings (SSSR count). The second-order valence-electron chi connectivity index (χ2n) is 4.44. The molecule has 4 nitrogen and oxygen atoms in total. The Morgan fingerprint density at radius 2 is 2.11 bits per heavy atom. The molecule has 5 heteroatoms. The van der Waals surface area contributed by atoms with E-state index in [0.717, 1.165) is 0 Å². The summed E-state index contributed by atoms with van der Waals surface area (Å²) in [6, 6.07) is 3.15. The first kappa shape index (κ1) is 12.8. The zero-order valence-electron chi connectivity index (χ0n) is 10.3. The van der Waals surface area contributed by atoms with Crippen molar-refractivity contribution in [2.24, 2.45) is 0 Å². The highest BCUT2D eigenvalue weighted by molar-refractivity contribution is 5.86. The molecule has 0 aromatic heterocycles. The summed E-state index contributed by atoms with van der Waals surface area (Å²) >= 11 is 0. The van der Waals surface area contributed by atoms with Crippen LogP contribution >= 0.6 is 0 Å². The molecule has 0 spiro atoms. The minimum atomic E-state index is -1.13. The summed E-state index contributed by atoms with van der Waals surface area (Å²) in [6.07, 6.45) is 0.873. The van der Waals surface area contributed by atoms with Gasteiger partial charge in [-0.25, -0.2) is 4.39 Å². The topological polar surface area (TPSA) is 55.8 Å². The number of rotatable bonds is 5. The monoisotopic (exact) mass is 254 g/mol. The van der Waals surface area contributed by atoms with Crippen LogP contribution in [-0.2, 0) is 21.6 Å². The van der Waals surface area contributed by atoms with E-state index in [9.17, 15) is 14.3 Å². The standard InChI is InChI=1S/C13H15FO4/c1-17-7-8-3-4-9(18-2)10(11(8)14)13(5-6-13)12(15)16/h3-4H,5-7H2,1-2H3,(H,15,16). The number of carboxylic acids is 1. The average molecular weight is 254 g/mol. The maximum atomic E-state index is 14.4. The molecule has 1 aromatic carbocycles. The fourth-order valence-corrected chi connectivity index (χ4v) is 2.18. The molecule has 0 bridgehead atoms. The van der Waals surface area contributed by atoms with Crippen molar-refractivity contribution in [1.29, 1.82) is 0 Å². The Balaban J connectivity index is 2.56. The Kier molecular flexibility index (Phi) is 3.26. The Morgan fingerprint density at radius 3 is 2.56 bits per heavy atom. The van der Waals surface area contributed by atoms with Gasteiger partial charge in [-0.05, 0) is 18.9 Å². The Morgan fingerprint density at radius 1 is 1.44 bits per heavy atom. The van der Waals surface area contributed by atoms with Gasteiger partial charge in [-0.15, -0.1) is 0 Å². The third-order valence-corrected chi connectivity index (χ3v) is 3.34. The van der Waals surface area contributed by atoms with Gasteiger partial charge in [-0.3, -0.25) is 4.79 Å². The van der Waals surface area contributed by atoms with Crippen LogP contribution in [0.15, 0.2) is 12.1 Å². The minimum Gasteiger partial charge on any atom is -0.496 e. The SMILES string of the molecule is COCc1ccc(OC)c(C2(C(=O)O)CC2)c1F. The fourth-order valence-electron chi connectivity index (χ4n) is 2.18. The van der Waals surface area contributed by atoms with E-state index in [1.165, 1.54) is 14.2 Å². The van der Waals surface area contributed by atoms with Gasteiger partial charge >= 0.3 is 5.97 Å². The lowest BCUT2D eigenvalue weighted by Gasteiger charge is -2.17. The molecule has 0 radical (unpaired) electrons. The highest BCUT2D eigenvalue weighted by Gasteiger charge is 2.55. The van der Waals surface area contributed by atoms with E-state index in [0.29, 0.717) is 18.4 Å². The molecule has 0 amide bonds. The van der Waals surface area contributed by atoms with Gasteiger partial charge in [0.1, 0.15) is 11.6 Å². The van der Waals surface area contributed by atoms with Crippen LogP contribution in [0.1, 0.15) is 24.0 Å². The lowest BCUT2D eigenvalue weighted by Crippen LogP contribution is -2.22. The zero-order valence-corrected chi connectivity index (χ0v) is 10.3.